The van der Waals surface area contributed by atoms with Crippen LogP contribution in [0.3, 0.4) is 0 Å². The van der Waals surface area contributed by atoms with Crippen molar-refractivity contribution in [2.45, 2.75) is 39.0 Å². The molecule has 0 amide bonds. The first kappa shape index (κ1) is 25.5. The Labute approximate surface area is 234 Å². The molecule has 6 rings (SSSR count). The molecule has 7 heteroatoms. The van der Waals surface area contributed by atoms with E-state index in [0.717, 1.165) is 61.5 Å². The largest absolute Gasteiger partial charge is 0.358 e. The second-order valence-corrected chi connectivity index (χ2v) is 10.5. The van der Waals surface area contributed by atoms with E-state index in [2.05, 4.69) is 74.1 Å². The second kappa shape index (κ2) is 11.1. The van der Waals surface area contributed by atoms with Crippen LogP contribution in [0.15, 0.2) is 92.4 Å². The SMILES string of the molecule is C=C(Nc1cncc(-c2cccnc2)c1C)c1n[nH]c2ccc(-c3cncc(NC(=C)C4CCCCC4)c3)cc12. The van der Waals surface area contributed by atoms with Crippen molar-refractivity contribution < 1.29 is 0 Å². The number of benzene rings is 1. The predicted molar refractivity (Wildman–Crippen MR) is 164 cm³/mol. The van der Waals surface area contributed by atoms with Gasteiger partial charge in [-0.15, -0.1) is 0 Å². The highest BCUT2D eigenvalue weighted by Crippen LogP contribution is 2.33. The van der Waals surface area contributed by atoms with Crippen molar-refractivity contribution in [3.63, 3.8) is 0 Å². The lowest BCUT2D eigenvalue weighted by Crippen LogP contribution is -2.14. The lowest BCUT2D eigenvalue weighted by atomic mass is 9.87. The number of allylic oxidation sites excluding steroid dienone is 1. The Morgan fingerprint density at radius 3 is 2.50 bits per heavy atom. The van der Waals surface area contributed by atoms with E-state index in [9.17, 15) is 0 Å². The van der Waals surface area contributed by atoms with Gasteiger partial charge < -0.3 is 10.6 Å². The summed E-state index contributed by atoms with van der Waals surface area (Å²) in [6, 6.07) is 12.4. The monoisotopic (exact) mass is 527 g/mol. The smallest absolute Gasteiger partial charge is 0.116 e. The number of fused-ring (bicyclic) bond motifs is 1. The third kappa shape index (κ3) is 5.23. The molecule has 1 aliphatic carbocycles. The molecule has 200 valence electrons. The number of hydrogen-bond donors (Lipinski definition) is 3. The molecule has 0 bridgehead atoms. The maximum absolute atomic E-state index is 4.59. The fraction of sp³-hybridized carbons (Fsp3) is 0.212. The fourth-order valence-corrected chi connectivity index (χ4v) is 5.51. The Hall–Kier alpha value is -4.78. The lowest BCUT2D eigenvalue weighted by Gasteiger charge is -2.24. The van der Waals surface area contributed by atoms with E-state index in [1.54, 1.807) is 6.20 Å². The lowest BCUT2D eigenvalue weighted by molar-refractivity contribution is 0.405. The molecule has 7 nitrogen and oxygen atoms in total. The standard InChI is InChI=1S/C33H33N7/c1-21-30(26-10-7-13-34-16-26)19-36-20-32(21)38-23(3)33-29-15-25(11-12-31(29)39-40-33)27-14-28(18-35-17-27)37-22(2)24-8-5-4-6-9-24/h7,10-20,24,37-38H,2-6,8-9H2,1H3,(H,39,40). The summed E-state index contributed by atoms with van der Waals surface area (Å²) in [6.07, 6.45) is 17.3. The number of nitrogens with one attached hydrogen (secondary N) is 3. The first-order chi connectivity index (χ1) is 19.6. The topological polar surface area (TPSA) is 91.4 Å². The van der Waals surface area contributed by atoms with Crippen LogP contribution in [0.4, 0.5) is 11.4 Å². The summed E-state index contributed by atoms with van der Waals surface area (Å²) in [6.45, 7) is 10.7. The van der Waals surface area contributed by atoms with Gasteiger partial charge in [0.25, 0.3) is 0 Å². The Kier molecular flexibility index (Phi) is 7.10. The first-order valence-electron chi connectivity index (χ1n) is 13.8. The van der Waals surface area contributed by atoms with Gasteiger partial charge in [-0.2, -0.15) is 5.10 Å². The van der Waals surface area contributed by atoms with Crippen LogP contribution in [0.1, 0.15) is 43.4 Å². The quantitative estimate of drug-likeness (QED) is 0.189. The number of aromatic nitrogens is 5. The van der Waals surface area contributed by atoms with Gasteiger partial charge in [-0.3, -0.25) is 20.1 Å². The number of H-pyrrole nitrogens is 1. The molecule has 3 N–H and O–H groups in total. The Balaban J connectivity index is 1.24. The molecular weight excluding hydrogens is 494 g/mol. The first-order valence-corrected chi connectivity index (χ1v) is 13.8. The van der Waals surface area contributed by atoms with Gasteiger partial charge in [-0.1, -0.05) is 44.6 Å². The molecule has 0 aliphatic heterocycles. The minimum absolute atomic E-state index is 0.532. The van der Waals surface area contributed by atoms with Gasteiger partial charge in [0.05, 0.1) is 35.0 Å². The Morgan fingerprint density at radius 2 is 1.68 bits per heavy atom. The average Bonchev–Trinajstić information content (AvgIpc) is 3.43. The Bertz CT molecular complexity index is 1680. The van der Waals surface area contributed by atoms with E-state index in [0.29, 0.717) is 11.6 Å². The van der Waals surface area contributed by atoms with Crippen LogP contribution < -0.4 is 10.6 Å². The highest BCUT2D eigenvalue weighted by Gasteiger charge is 2.17. The molecule has 0 atom stereocenters. The molecule has 0 unspecified atom stereocenters. The zero-order chi connectivity index (χ0) is 27.5. The van der Waals surface area contributed by atoms with E-state index in [1.807, 2.05) is 49.2 Å². The molecule has 4 aromatic heterocycles. The number of rotatable bonds is 8. The van der Waals surface area contributed by atoms with Crippen LogP contribution >= 0.6 is 0 Å². The zero-order valence-corrected chi connectivity index (χ0v) is 22.7. The van der Waals surface area contributed by atoms with Crippen LogP contribution in [0, 0.1) is 12.8 Å². The van der Waals surface area contributed by atoms with Crippen LogP contribution in [0.25, 0.3) is 38.9 Å². The van der Waals surface area contributed by atoms with Crippen LogP contribution in [-0.2, 0) is 0 Å². The van der Waals surface area contributed by atoms with E-state index in [4.69, 9.17) is 0 Å². The molecule has 1 saturated carbocycles. The maximum atomic E-state index is 4.59. The molecule has 4 heterocycles. The maximum Gasteiger partial charge on any atom is 0.116 e. The molecule has 5 aromatic rings. The van der Waals surface area contributed by atoms with E-state index in [-0.39, 0.29) is 0 Å². The normalized spacial score (nSPS) is 13.7. The number of aromatic amines is 1. The molecular formula is C33H33N7. The number of nitrogens with zero attached hydrogens (tertiary/aromatic N) is 4. The van der Waals surface area contributed by atoms with Crippen LogP contribution in [0.2, 0.25) is 0 Å². The average molecular weight is 528 g/mol. The summed E-state index contributed by atoms with van der Waals surface area (Å²) < 4.78 is 0. The van der Waals surface area contributed by atoms with Crippen LogP contribution in [0.5, 0.6) is 0 Å². The van der Waals surface area contributed by atoms with Crippen molar-refractivity contribution in [2.75, 3.05) is 10.6 Å². The minimum Gasteiger partial charge on any atom is -0.358 e. The van der Waals surface area contributed by atoms with Gasteiger partial charge >= 0.3 is 0 Å². The van der Waals surface area contributed by atoms with Gasteiger partial charge in [0.1, 0.15) is 5.69 Å². The van der Waals surface area contributed by atoms with Crippen molar-refractivity contribution in [2.24, 2.45) is 5.92 Å². The summed E-state index contributed by atoms with van der Waals surface area (Å²) in [5.41, 5.74) is 10.5. The molecule has 1 aromatic carbocycles. The molecule has 1 aliphatic rings. The summed E-state index contributed by atoms with van der Waals surface area (Å²) >= 11 is 0. The number of anilines is 2. The minimum atomic E-state index is 0.532. The van der Waals surface area contributed by atoms with Gasteiger partial charge in [-0.05, 0) is 61.1 Å². The van der Waals surface area contributed by atoms with Crippen LogP contribution in [-0.4, -0.2) is 25.1 Å². The van der Waals surface area contributed by atoms with Crippen molar-refractivity contribution in [3.05, 3.63) is 104 Å². The third-order valence-electron chi connectivity index (χ3n) is 7.80. The number of hydrogen-bond acceptors (Lipinski definition) is 6. The highest BCUT2D eigenvalue weighted by atomic mass is 15.1. The zero-order valence-electron chi connectivity index (χ0n) is 22.7. The predicted octanol–water partition coefficient (Wildman–Crippen LogP) is 7.98. The molecule has 1 fully saturated rings. The second-order valence-electron chi connectivity index (χ2n) is 10.5. The van der Waals surface area contributed by atoms with Crippen molar-refractivity contribution in [1.82, 2.24) is 25.1 Å². The Morgan fingerprint density at radius 1 is 0.850 bits per heavy atom. The van der Waals surface area contributed by atoms with E-state index in [1.165, 1.54) is 32.1 Å². The highest BCUT2D eigenvalue weighted by molar-refractivity contribution is 5.95. The third-order valence-corrected chi connectivity index (χ3v) is 7.80. The van der Waals surface area contributed by atoms with E-state index < -0.39 is 0 Å². The summed E-state index contributed by atoms with van der Waals surface area (Å²) in [5.74, 6) is 0.532. The van der Waals surface area contributed by atoms with Crippen molar-refractivity contribution in [3.8, 4) is 22.3 Å². The van der Waals surface area contributed by atoms with Gasteiger partial charge in [0.15, 0.2) is 0 Å². The summed E-state index contributed by atoms with van der Waals surface area (Å²) in [5, 5.41) is 15.7. The molecule has 40 heavy (non-hydrogen) atoms. The number of pyridine rings is 3. The van der Waals surface area contributed by atoms with Gasteiger partial charge in [0.2, 0.25) is 0 Å². The fourth-order valence-electron chi connectivity index (χ4n) is 5.51. The van der Waals surface area contributed by atoms with Gasteiger partial charge in [-0.25, -0.2) is 0 Å². The molecule has 0 radical (unpaired) electrons. The molecule has 0 saturated heterocycles. The van der Waals surface area contributed by atoms with Crippen molar-refractivity contribution >= 4 is 28.0 Å². The van der Waals surface area contributed by atoms with Gasteiger partial charge in [0, 0.05) is 52.6 Å². The summed E-state index contributed by atoms with van der Waals surface area (Å²) in [4.78, 5) is 13.2. The molecule has 0 spiro atoms. The van der Waals surface area contributed by atoms with Crippen molar-refractivity contribution in [1.29, 1.82) is 0 Å². The summed E-state index contributed by atoms with van der Waals surface area (Å²) in [7, 11) is 0. The van der Waals surface area contributed by atoms with E-state index >= 15 is 0 Å².